The Morgan fingerprint density at radius 1 is 1.05 bits per heavy atom. The molecule has 0 heterocycles. The summed E-state index contributed by atoms with van der Waals surface area (Å²) >= 11 is 0. The Bertz CT molecular complexity index is 322. The molecule has 2 unspecified atom stereocenters. The molecule has 0 aliphatic heterocycles. The van der Waals surface area contributed by atoms with Gasteiger partial charge in [-0.1, -0.05) is 46.3 Å². The van der Waals surface area contributed by atoms with Crippen LogP contribution < -0.4 is 0 Å². The highest BCUT2D eigenvalue weighted by atomic mass is 16.4. The Morgan fingerprint density at radius 3 is 2.05 bits per heavy atom. The van der Waals surface area contributed by atoms with E-state index in [-0.39, 0.29) is 0 Å². The standard InChI is InChI=1S/C18H35NO3/c1-5-9-10-11-12-16(20)15-19(13-6-2,14-7-3)17(8-4)18(21)22/h10-11,16-17,20H,5-9,12-15H2,1-4H3/p+1/b11-10+. The van der Waals surface area contributed by atoms with Crippen molar-refractivity contribution in [1.82, 2.24) is 0 Å². The number of hydrogen-bond donors (Lipinski definition) is 2. The predicted octanol–water partition coefficient (Wildman–Crippen LogP) is 3.59. The lowest BCUT2D eigenvalue weighted by Crippen LogP contribution is -2.61. The first-order valence-corrected chi connectivity index (χ1v) is 8.88. The van der Waals surface area contributed by atoms with Crippen molar-refractivity contribution in [3.05, 3.63) is 12.2 Å². The SMILES string of the molecule is CCC/C=C/CC(O)C[N+](CCC)(CCC)C(CC)C(=O)O. The van der Waals surface area contributed by atoms with Crippen molar-refractivity contribution in [2.75, 3.05) is 19.6 Å². The molecule has 0 fully saturated rings. The highest BCUT2D eigenvalue weighted by Crippen LogP contribution is 2.21. The van der Waals surface area contributed by atoms with E-state index in [4.69, 9.17) is 0 Å². The van der Waals surface area contributed by atoms with Crippen LogP contribution in [0.25, 0.3) is 0 Å². The van der Waals surface area contributed by atoms with Gasteiger partial charge in [0.25, 0.3) is 0 Å². The van der Waals surface area contributed by atoms with E-state index >= 15 is 0 Å². The van der Waals surface area contributed by atoms with Gasteiger partial charge >= 0.3 is 5.97 Å². The lowest BCUT2D eigenvalue weighted by Gasteiger charge is -2.44. The van der Waals surface area contributed by atoms with E-state index in [9.17, 15) is 15.0 Å². The van der Waals surface area contributed by atoms with Gasteiger partial charge < -0.3 is 14.7 Å². The number of carbonyl (C=O) groups is 1. The third-order valence-corrected chi connectivity index (χ3v) is 4.28. The summed E-state index contributed by atoms with van der Waals surface area (Å²) in [7, 11) is 0. The normalized spacial score (nSPS) is 15.1. The number of hydrogen-bond acceptors (Lipinski definition) is 2. The molecule has 0 spiro atoms. The molecule has 4 nitrogen and oxygen atoms in total. The smallest absolute Gasteiger partial charge is 0.362 e. The molecular weight excluding hydrogens is 278 g/mol. The Labute approximate surface area is 136 Å². The van der Waals surface area contributed by atoms with Gasteiger partial charge in [0, 0.05) is 6.42 Å². The van der Waals surface area contributed by atoms with E-state index in [0.717, 1.165) is 38.8 Å². The molecule has 4 heteroatoms. The van der Waals surface area contributed by atoms with Gasteiger partial charge in [0.05, 0.1) is 13.1 Å². The number of carboxylic acids is 1. The first-order chi connectivity index (χ1) is 10.5. The molecular formula is C18H36NO3+. The van der Waals surface area contributed by atoms with Crippen LogP contribution in [0.2, 0.25) is 0 Å². The minimum absolute atomic E-state index is 0.422. The summed E-state index contributed by atoms with van der Waals surface area (Å²) in [5.41, 5.74) is 0. The molecule has 0 bridgehead atoms. The van der Waals surface area contributed by atoms with Crippen LogP contribution in [-0.4, -0.2) is 52.4 Å². The summed E-state index contributed by atoms with van der Waals surface area (Å²) in [6.07, 6.45) is 8.88. The molecule has 0 aliphatic carbocycles. The van der Waals surface area contributed by atoms with Gasteiger partial charge in [0.2, 0.25) is 0 Å². The maximum atomic E-state index is 11.7. The number of aliphatic hydroxyl groups excluding tert-OH is 1. The molecule has 0 aromatic carbocycles. The van der Waals surface area contributed by atoms with Crippen molar-refractivity contribution in [1.29, 1.82) is 0 Å². The van der Waals surface area contributed by atoms with Crippen LogP contribution >= 0.6 is 0 Å². The number of quaternary nitrogens is 1. The fraction of sp³-hybridized carbons (Fsp3) is 0.833. The van der Waals surface area contributed by atoms with E-state index < -0.39 is 18.1 Å². The van der Waals surface area contributed by atoms with E-state index in [1.807, 2.05) is 13.0 Å². The molecule has 2 N–H and O–H groups in total. The third kappa shape index (κ3) is 6.93. The van der Waals surface area contributed by atoms with Crippen molar-refractivity contribution in [3.8, 4) is 0 Å². The minimum Gasteiger partial charge on any atom is -0.477 e. The number of unbranched alkanes of at least 4 members (excludes halogenated alkanes) is 1. The molecule has 0 aromatic heterocycles. The summed E-state index contributed by atoms with van der Waals surface area (Å²) in [5, 5.41) is 20.0. The van der Waals surface area contributed by atoms with E-state index in [1.54, 1.807) is 0 Å². The van der Waals surface area contributed by atoms with Crippen LogP contribution in [0.3, 0.4) is 0 Å². The van der Waals surface area contributed by atoms with Gasteiger partial charge in [0.1, 0.15) is 12.6 Å². The maximum Gasteiger partial charge on any atom is 0.362 e. The summed E-state index contributed by atoms with van der Waals surface area (Å²) in [5.74, 6) is -0.738. The quantitative estimate of drug-likeness (QED) is 0.403. The van der Waals surface area contributed by atoms with E-state index in [1.165, 1.54) is 0 Å². The second-order valence-corrected chi connectivity index (χ2v) is 6.26. The first-order valence-electron chi connectivity index (χ1n) is 8.88. The lowest BCUT2D eigenvalue weighted by molar-refractivity contribution is -0.946. The number of aliphatic hydroxyl groups is 1. The zero-order valence-electron chi connectivity index (χ0n) is 14.9. The number of aliphatic carboxylic acids is 1. The molecule has 0 radical (unpaired) electrons. The molecule has 0 saturated carbocycles. The number of allylic oxidation sites excluding steroid dienone is 1. The van der Waals surface area contributed by atoms with E-state index in [0.29, 0.717) is 23.9 Å². The average Bonchev–Trinajstić information content (AvgIpc) is 2.44. The van der Waals surface area contributed by atoms with Gasteiger partial charge in [-0.15, -0.1) is 0 Å². The van der Waals surface area contributed by atoms with Crippen LogP contribution in [0.1, 0.15) is 66.2 Å². The summed E-state index contributed by atoms with van der Waals surface area (Å²) < 4.78 is 0.502. The van der Waals surface area contributed by atoms with Crippen molar-refractivity contribution >= 4 is 5.97 Å². The van der Waals surface area contributed by atoms with Crippen LogP contribution in [0.4, 0.5) is 0 Å². The molecule has 0 aromatic rings. The highest BCUT2D eigenvalue weighted by molar-refractivity contribution is 5.72. The Balaban J connectivity index is 5.07. The fourth-order valence-corrected chi connectivity index (χ4v) is 3.45. The van der Waals surface area contributed by atoms with Crippen molar-refractivity contribution in [2.24, 2.45) is 0 Å². The van der Waals surface area contributed by atoms with Crippen molar-refractivity contribution < 1.29 is 19.5 Å². The zero-order chi connectivity index (χ0) is 17.0. The van der Waals surface area contributed by atoms with Gasteiger partial charge in [0.15, 0.2) is 6.04 Å². The summed E-state index contributed by atoms with van der Waals surface area (Å²) in [4.78, 5) is 11.7. The van der Waals surface area contributed by atoms with Crippen molar-refractivity contribution in [3.63, 3.8) is 0 Å². The van der Waals surface area contributed by atoms with Crippen molar-refractivity contribution in [2.45, 2.75) is 78.4 Å². The second-order valence-electron chi connectivity index (χ2n) is 6.26. The Kier molecular flexibility index (Phi) is 11.2. The fourth-order valence-electron chi connectivity index (χ4n) is 3.45. The molecule has 0 amide bonds. The second kappa shape index (κ2) is 11.7. The van der Waals surface area contributed by atoms with Crippen LogP contribution in [0, 0.1) is 0 Å². The molecule has 130 valence electrons. The maximum absolute atomic E-state index is 11.7. The van der Waals surface area contributed by atoms with E-state index in [2.05, 4.69) is 26.8 Å². The Morgan fingerprint density at radius 2 is 1.64 bits per heavy atom. The van der Waals surface area contributed by atoms with Crippen LogP contribution in [0.5, 0.6) is 0 Å². The molecule has 0 aliphatic rings. The average molecular weight is 314 g/mol. The van der Waals surface area contributed by atoms with Gasteiger partial charge in [-0.2, -0.15) is 0 Å². The Hall–Kier alpha value is -0.870. The topological polar surface area (TPSA) is 57.5 Å². The number of carboxylic acid groups (broad SMARTS) is 1. The monoisotopic (exact) mass is 314 g/mol. The zero-order valence-corrected chi connectivity index (χ0v) is 14.9. The molecule has 22 heavy (non-hydrogen) atoms. The number of nitrogens with zero attached hydrogens (tertiary/aromatic N) is 1. The highest BCUT2D eigenvalue weighted by Gasteiger charge is 2.40. The largest absolute Gasteiger partial charge is 0.477 e. The van der Waals surface area contributed by atoms with Crippen LogP contribution in [-0.2, 0) is 4.79 Å². The van der Waals surface area contributed by atoms with Gasteiger partial charge in [-0.05, 0) is 25.7 Å². The molecule has 0 saturated heterocycles. The lowest BCUT2D eigenvalue weighted by atomic mass is 10.0. The van der Waals surface area contributed by atoms with Gasteiger partial charge in [-0.25, -0.2) is 4.79 Å². The van der Waals surface area contributed by atoms with Gasteiger partial charge in [-0.3, -0.25) is 0 Å². The number of rotatable bonds is 13. The first kappa shape index (κ1) is 21.1. The minimum atomic E-state index is -0.738. The predicted molar refractivity (Wildman–Crippen MR) is 91.8 cm³/mol. The summed E-state index contributed by atoms with van der Waals surface area (Å²) in [6, 6.07) is -0.422. The third-order valence-electron chi connectivity index (χ3n) is 4.28. The molecule has 2 atom stereocenters. The van der Waals surface area contributed by atoms with Crippen LogP contribution in [0.15, 0.2) is 12.2 Å². The molecule has 0 rings (SSSR count). The summed E-state index contributed by atoms with van der Waals surface area (Å²) in [6.45, 7) is 10.4.